The highest BCUT2D eigenvalue weighted by Gasteiger charge is 2.65. The van der Waals surface area contributed by atoms with E-state index in [4.69, 9.17) is 4.74 Å². The predicted molar refractivity (Wildman–Crippen MR) is 58.3 cm³/mol. The molecule has 2 heteroatoms. The van der Waals surface area contributed by atoms with Crippen LogP contribution in [0.4, 0.5) is 0 Å². The Hall–Kier alpha value is -1.12. The van der Waals surface area contributed by atoms with Gasteiger partial charge in [0, 0.05) is 0 Å². The second kappa shape index (κ2) is 2.52. The smallest absolute Gasteiger partial charge is 0.145 e. The number of rotatable bonds is 0. The van der Waals surface area contributed by atoms with E-state index in [0.29, 0.717) is 0 Å². The molecule has 1 saturated heterocycles. The fourth-order valence-electron chi connectivity index (χ4n) is 2.62. The molecule has 0 unspecified atom stereocenters. The molecule has 1 heterocycles. The van der Waals surface area contributed by atoms with Crippen LogP contribution >= 0.6 is 0 Å². The lowest BCUT2D eigenvalue weighted by Gasteiger charge is -2.33. The van der Waals surface area contributed by atoms with Gasteiger partial charge in [-0.2, -0.15) is 0 Å². The zero-order chi connectivity index (χ0) is 10.7. The highest BCUT2D eigenvalue weighted by molar-refractivity contribution is 5.63. The minimum atomic E-state index is -0.919. The molecule has 1 aliphatic heterocycles. The van der Waals surface area contributed by atoms with Crippen LogP contribution in [0, 0.1) is 0 Å². The highest BCUT2D eigenvalue weighted by Crippen LogP contribution is 2.54. The lowest BCUT2D eigenvalue weighted by Crippen LogP contribution is -2.42. The van der Waals surface area contributed by atoms with E-state index in [0.717, 1.165) is 11.1 Å². The van der Waals surface area contributed by atoms with E-state index in [2.05, 4.69) is 0 Å². The number of hydrogen-bond acceptors (Lipinski definition) is 2. The van der Waals surface area contributed by atoms with E-state index in [1.807, 2.05) is 50.3 Å². The van der Waals surface area contributed by atoms with Gasteiger partial charge in [-0.05, 0) is 31.1 Å². The molecule has 3 atom stereocenters. The van der Waals surface area contributed by atoms with Gasteiger partial charge < -0.3 is 9.84 Å². The van der Waals surface area contributed by atoms with Crippen LogP contribution in [0.1, 0.15) is 25.0 Å². The van der Waals surface area contributed by atoms with Crippen molar-refractivity contribution in [3.63, 3.8) is 0 Å². The molecule has 0 bridgehead atoms. The minimum Gasteiger partial charge on any atom is -0.382 e. The third-order valence-corrected chi connectivity index (χ3v) is 3.68. The molecule has 78 valence electrons. The zero-order valence-corrected chi connectivity index (χ0v) is 8.90. The molecule has 2 nitrogen and oxygen atoms in total. The highest BCUT2D eigenvalue weighted by atomic mass is 16.6. The van der Waals surface area contributed by atoms with E-state index in [-0.39, 0.29) is 6.10 Å². The van der Waals surface area contributed by atoms with Gasteiger partial charge in [0.05, 0.1) is 6.10 Å². The molecular formula is C13H14O2. The van der Waals surface area contributed by atoms with Gasteiger partial charge in [0.1, 0.15) is 11.2 Å². The normalized spacial score (nSPS) is 41.7. The maximum absolute atomic E-state index is 10.6. The van der Waals surface area contributed by atoms with Gasteiger partial charge in [-0.25, -0.2) is 0 Å². The Morgan fingerprint density at radius 1 is 1.33 bits per heavy atom. The topological polar surface area (TPSA) is 32.8 Å². The fraction of sp³-hybridized carbons (Fsp3) is 0.385. The van der Waals surface area contributed by atoms with E-state index in [1.165, 1.54) is 0 Å². The lowest BCUT2D eigenvalue weighted by atomic mass is 9.75. The molecule has 2 aliphatic rings. The number of epoxide rings is 1. The van der Waals surface area contributed by atoms with Crippen LogP contribution in [0.25, 0.3) is 6.08 Å². The van der Waals surface area contributed by atoms with Crippen LogP contribution in [0.2, 0.25) is 0 Å². The van der Waals surface area contributed by atoms with Gasteiger partial charge in [0.15, 0.2) is 0 Å². The molecule has 0 saturated carbocycles. The molecule has 1 aromatic carbocycles. The average molecular weight is 202 g/mol. The Morgan fingerprint density at radius 2 is 2.00 bits per heavy atom. The monoisotopic (exact) mass is 202 g/mol. The van der Waals surface area contributed by atoms with Gasteiger partial charge >= 0.3 is 0 Å². The Morgan fingerprint density at radius 3 is 2.67 bits per heavy atom. The number of benzene rings is 1. The number of ether oxygens (including phenoxy) is 1. The molecule has 0 aromatic heterocycles. The summed E-state index contributed by atoms with van der Waals surface area (Å²) in [4.78, 5) is 0. The summed E-state index contributed by atoms with van der Waals surface area (Å²) in [5, 5.41) is 10.6. The average Bonchev–Trinajstić information content (AvgIpc) is 2.87. The quantitative estimate of drug-likeness (QED) is 0.653. The minimum absolute atomic E-state index is 0.0945. The summed E-state index contributed by atoms with van der Waals surface area (Å²) in [5.74, 6) is 0. The largest absolute Gasteiger partial charge is 0.382 e. The Bertz CT molecular complexity index is 448. The van der Waals surface area contributed by atoms with Crippen molar-refractivity contribution in [2.24, 2.45) is 0 Å². The third kappa shape index (κ3) is 0.959. The molecule has 15 heavy (non-hydrogen) atoms. The summed E-state index contributed by atoms with van der Waals surface area (Å²) in [6, 6.07) is 7.91. The summed E-state index contributed by atoms with van der Waals surface area (Å²) >= 11 is 0. The molecular weight excluding hydrogens is 188 g/mol. The summed E-state index contributed by atoms with van der Waals surface area (Å²) < 4.78 is 5.58. The summed E-state index contributed by atoms with van der Waals surface area (Å²) in [6.45, 7) is 3.82. The summed E-state index contributed by atoms with van der Waals surface area (Å²) in [5.41, 5.74) is 0.617. The first-order valence-electron chi connectivity index (χ1n) is 5.27. The standard InChI is InChI=1S/C13H14O2/c1-9-13(15-9)8-7-10-5-3-4-6-11(10)12(13,2)14/h3-9,14H,1-2H3/t9-,12+,13-/m0/s1. The molecule has 1 fully saturated rings. The van der Waals surface area contributed by atoms with E-state index in [9.17, 15) is 5.11 Å². The number of aliphatic hydroxyl groups is 1. The van der Waals surface area contributed by atoms with Gasteiger partial charge in [0.2, 0.25) is 0 Å². The van der Waals surface area contributed by atoms with Gasteiger partial charge in [-0.1, -0.05) is 30.3 Å². The van der Waals surface area contributed by atoms with E-state index >= 15 is 0 Å². The van der Waals surface area contributed by atoms with Crippen molar-refractivity contribution >= 4 is 6.08 Å². The first-order valence-corrected chi connectivity index (χ1v) is 5.27. The van der Waals surface area contributed by atoms with Gasteiger partial charge in [0.25, 0.3) is 0 Å². The van der Waals surface area contributed by atoms with Crippen molar-refractivity contribution in [2.45, 2.75) is 31.2 Å². The Labute approximate surface area is 89.2 Å². The lowest BCUT2D eigenvalue weighted by molar-refractivity contribution is -0.00761. The second-order valence-electron chi connectivity index (χ2n) is 4.55. The van der Waals surface area contributed by atoms with E-state index < -0.39 is 11.2 Å². The molecule has 1 aliphatic carbocycles. The molecule has 0 amide bonds. The molecule has 1 aromatic rings. The molecule has 3 rings (SSSR count). The van der Waals surface area contributed by atoms with Crippen molar-refractivity contribution in [2.75, 3.05) is 0 Å². The Balaban J connectivity index is 2.20. The first-order chi connectivity index (χ1) is 7.08. The Kier molecular flexibility index (Phi) is 1.53. The van der Waals surface area contributed by atoms with Crippen LogP contribution < -0.4 is 0 Å². The van der Waals surface area contributed by atoms with Crippen LogP contribution in [-0.4, -0.2) is 16.8 Å². The third-order valence-electron chi connectivity index (χ3n) is 3.68. The number of fused-ring (bicyclic) bond motifs is 1. The predicted octanol–water partition coefficient (Wildman–Crippen LogP) is 2.08. The van der Waals surface area contributed by atoms with Crippen LogP contribution in [0.3, 0.4) is 0 Å². The summed E-state index contributed by atoms with van der Waals surface area (Å²) in [6.07, 6.45) is 4.12. The molecule has 1 N–H and O–H groups in total. The second-order valence-corrected chi connectivity index (χ2v) is 4.55. The number of hydrogen-bond donors (Lipinski definition) is 1. The van der Waals surface area contributed by atoms with Crippen LogP contribution in [-0.2, 0) is 10.3 Å². The van der Waals surface area contributed by atoms with Crippen molar-refractivity contribution in [3.05, 3.63) is 41.5 Å². The van der Waals surface area contributed by atoms with Crippen molar-refractivity contribution in [1.29, 1.82) is 0 Å². The maximum Gasteiger partial charge on any atom is 0.145 e. The van der Waals surface area contributed by atoms with E-state index in [1.54, 1.807) is 0 Å². The van der Waals surface area contributed by atoms with Crippen molar-refractivity contribution < 1.29 is 9.84 Å². The van der Waals surface area contributed by atoms with Gasteiger partial charge in [-0.3, -0.25) is 0 Å². The van der Waals surface area contributed by atoms with Crippen LogP contribution in [0.15, 0.2) is 30.3 Å². The maximum atomic E-state index is 10.6. The van der Waals surface area contributed by atoms with Crippen molar-refractivity contribution in [1.82, 2.24) is 0 Å². The van der Waals surface area contributed by atoms with Gasteiger partial charge in [-0.15, -0.1) is 0 Å². The molecule has 0 radical (unpaired) electrons. The first kappa shape index (κ1) is 9.13. The fourth-order valence-corrected chi connectivity index (χ4v) is 2.62. The zero-order valence-electron chi connectivity index (χ0n) is 8.90. The molecule has 1 spiro atoms. The van der Waals surface area contributed by atoms with Crippen molar-refractivity contribution in [3.8, 4) is 0 Å². The van der Waals surface area contributed by atoms with Crippen LogP contribution in [0.5, 0.6) is 0 Å². The summed E-state index contributed by atoms with van der Waals surface area (Å²) in [7, 11) is 0. The SMILES string of the molecule is C[C@@H]1O[C@@]12C=Cc1ccccc1[C@@]2(C)O.